The molecular formula is C12H17P-2. The van der Waals surface area contributed by atoms with E-state index in [0.717, 1.165) is 5.30 Å². The fraction of sp³-hybridized carbons (Fsp3) is 0.500. The normalized spacial score (nSPS) is 11.3. The zero-order valence-electron chi connectivity index (χ0n) is 8.83. The Morgan fingerprint density at radius 1 is 1.00 bits per heavy atom. The lowest BCUT2D eigenvalue weighted by Crippen LogP contribution is -2.05. The molecule has 1 aromatic rings. The average molecular weight is 192 g/mol. The molecule has 0 radical (unpaired) electrons. The van der Waals surface area contributed by atoms with E-state index in [1.54, 1.807) is 0 Å². The first kappa shape index (κ1) is 10.7. The van der Waals surface area contributed by atoms with Gasteiger partial charge in [-0.3, -0.25) is 0 Å². The maximum Gasteiger partial charge on any atom is -0.0219 e. The number of hydrogen-bond acceptors (Lipinski definition) is 0. The Hall–Kier alpha value is -0.350. The van der Waals surface area contributed by atoms with Crippen LogP contribution in [0.5, 0.6) is 0 Å². The largest absolute Gasteiger partial charge is 1.45 e. The molecule has 0 aliphatic carbocycles. The molecule has 1 heteroatoms. The molecule has 0 nitrogen and oxygen atoms in total. The smallest absolute Gasteiger partial charge is 0.0219 e. The summed E-state index contributed by atoms with van der Waals surface area (Å²) in [6.45, 7) is 8.85. The molecule has 0 saturated heterocycles. The Bertz CT molecular complexity index is 287. The molecule has 0 aliphatic heterocycles. The predicted octanol–water partition coefficient (Wildman–Crippen LogP) is 3.97. The van der Waals surface area contributed by atoms with Gasteiger partial charge in [-0.2, -0.15) is 0 Å². The molecule has 0 fully saturated rings. The second kappa shape index (κ2) is 4.24. The van der Waals surface area contributed by atoms with Crippen molar-refractivity contribution in [3.05, 3.63) is 29.3 Å². The lowest BCUT2D eigenvalue weighted by molar-refractivity contribution is 0.839. The second-order valence-electron chi connectivity index (χ2n) is 4.13. The third kappa shape index (κ3) is 2.54. The van der Waals surface area contributed by atoms with Gasteiger partial charge in [-0.1, -0.05) is 39.8 Å². The van der Waals surface area contributed by atoms with E-state index in [0.29, 0.717) is 11.8 Å². The Morgan fingerprint density at radius 2 is 1.62 bits per heavy atom. The van der Waals surface area contributed by atoms with Gasteiger partial charge in [0.25, 0.3) is 0 Å². The summed E-state index contributed by atoms with van der Waals surface area (Å²) in [5.41, 5.74) is 2.76. The fourth-order valence-electron chi connectivity index (χ4n) is 1.39. The van der Waals surface area contributed by atoms with Crippen LogP contribution in [-0.4, -0.2) is 0 Å². The Balaban J connectivity index is 3.11. The first-order valence-electron chi connectivity index (χ1n) is 4.85. The van der Waals surface area contributed by atoms with Gasteiger partial charge < -0.3 is 14.5 Å². The lowest BCUT2D eigenvalue weighted by Gasteiger charge is -2.39. The van der Waals surface area contributed by atoms with Crippen molar-refractivity contribution in [3.63, 3.8) is 0 Å². The third-order valence-corrected chi connectivity index (χ3v) is 2.75. The van der Waals surface area contributed by atoms with E-state index >= 15 is 0 Å². The number of hydrogen-bond donors (Lipinski definition) is 0. The van der Waals surface area contributed by atoms with Gasteiger partial charge in [0.2, 0.25) is 0 Å². The minimum atomic E-state index is 0.561. The molecule has 0 bridgehead atoms. The molecule has 0 aliphatic rings. The van der Waals surface area contributed by atoms with Gasteiger partial charge in [0.15, 0.2) is 0 Å². The quantitative estimate of drug-likeness (QED) is 0.622. The molecule has 72 valence electrons. The molecule has 0 N–H and O–H groups in total. The summed E-state index contributed by atoms with van der Waals surface area (Å²) in [7, 11) is 4.45. The molecular weight excluding hydrogens is 175 g/mol. The summed E-state index contributed by atoms with van der Waals surface area (Å²) in [5.74, 6) is 1.16. The first-order chi connectivity index (χ1) is 6.02. The molecule has 0 saturated carbocycles. The maximum absolute atomic E-state index is 4.45. The van der Waals surface area contributed by atoms with Crippen molar-refractivity contribution >= 4 is 14.5 Å². The van der Waals surface area contributed by atoms with Crippen molar-refractivity contribution in [1.29, 1.82) is 0 Å². The molecule has 13 heavy (non-hydrogen) atoms. The Morgan fingerprint density at radius 3 is 2.08 bits per heavy atom. The summed E-state index contributed by atoms with van der Waals surface area (Å²) >= 11 is 0. The SMILES string of the molecule is CC(C)c1ccc([P-2])c(C(C)C)c1. The van der Waals surface area contributed by atoms with Gasteiger partial charge >= 0.3 is 0 Å². The molecule has 0 heterocycles. The van der Waals surface area contributed by atoms with E-state index in [2.05, 4.69) is 55.1 Å². The average Bonchev–Trinajstić information content (AvgIpc) is 2.04. The van der Waals surface area contributed by atoms with Crippen molar-refractivity contribution in [1.82, 2.24) is 0 Å². The highest BCUT2D eigenvalue weighted by atomic mass is 31.0. The number of rotatable bonds is 2. The van der Waals surface area contributed by atoms with Gasteiger partial charge in [-0.25, -0.2) is 0 Å². The summed E-state index contributed by atoms with van der Waals surface area (Å²) in [6, 6.07) is 6.55. The molecule has 0 unspecified atom stereocenters. The van der Waals surface area contributed by atoms with Gasteiger partial charge in [-0.05, 0) is 17.4 Å². The van der Waals surface area contributed by atoms with Gasteiger partial charge in [-0.15, -0.1) is 11.6 Å². The maximum atomic E-state index is 4.45. The second-order valence-corrected chi connectivity index (χ2v) is 4.61. The molecule has 1 aromatic carbocycles. The van der Waals surface area contributed by atoms with E-state index in [1.165, 1.54) is 11.1 Å². The van der Waals surface area contributed by atoms with Crippen molar-refractivity contribution in [2.45, 2.75) is 39.5 Å². The van der Waals surface area contributed by atoms with Crippen LogP contribution >= 0.6 is 9.24 Å². The predicted molar refractivity (Wildman–Crippen MR) is 61.2 cm³/mol. The lowest BCUT2D eigenvalue weighted by atomic mass is 9.96. The zero-order valence-corrected chi connectivity index (χ0v) is 9.73. The highest BCUT2D eigenvalue weighted by molar-refractivity contribution is 7.27. The standard InChI is InChI=1S/C12H17P/c1-8(2)10-5-6-12(13)11(7-10)9(3)4/h5-9H,1-4H3/q-2. The monoisotopic (exact) mass is 192 g/mol. The van der Waals surface area contributed by atoms with Crippen LogP contribution in [0.25, 0.3) is 0 Å². The Labute approximate surface area is 84.0 Å². The van der Waals surface area contributed by atoms with Crippen molar-refractivity contribution in [3.8, 4) is 0 Å². The van der Waals surface area contributed by atoms with Gasteiger partial charge in [0.05, 0.1) is 0 Å². The molecule has 0 aromatic heterocycles. The van der Waals surface area contributed by atoms with E-state index in [9.17, 15) is 0 Å². The van der Waals surface area contributed by atoms with Crippen molar-refractivity contribution < 1.29 is 0 Å². The van der Waals surface area contributed by atoms with Crippen LogP contribution in [0.3, 0.4) is 0 Å². The topological polar surface area (TPSA) is 0 Å². The van der Waals surface area contributed by atoms with Crippen molar-refractivity contribution in [2.24, 2.45) is 0 Å². The molecule has 1 rings (SSSR count). The van der Waals surface area contributed by atoms with Crippen LogP contribution in [0.2, 0.25) is 0 Å². The van der Waals surface area contributed by atoms with Crippen LogP contribution in [0.1, 0.15) is 50.7 Å². The fourth-order valence-corrected chi connectivity index (χ4v) is 1.79. The summed E-state index contributed by atoms with van der Waals surface area (Å²) in [4.78, 5) is 0. The zero-order chi connectivity index (χ0) is 10.0. The van der Waals surface area contributed by atoms with E-state index in [4.69, 9.17) is 0 Å². The Kier molecular flexibility index (Phi) is 3.50. The van der Waals surface area contributed by atoms with Gasteiger partial charge in [0, 0.05) is 0 Å². The van der Waals surface area contributed by atoms with E-state index in [-0.39, 0.29) is 0 Å². The molecule has 0 atom stereocenters. The van der Waals surface area contributed by atoms with Crippen LogP contribution in [-0.2, 0) is 0 Å². The minimum absolute atomic E-state index is 0.561. The highest BCUT2D eigenvalue weighted by Gasteiger charge is 2.00. The molecule has 0 spiro atoms. The first-order valence-corrected chi connectivity index (χ1v) is 5.30. The minimum Gasteiger partial charge on any atom is -1.45 e. The number of benzene rings is 1. The van der Waals surface area contributed by atoms with E-state index < -0.39 is 0 Å². The van der Waals surface area contributed by atoms with E-state index in [1.807, 2.05) is 0 Å². The van der Waals surface area contributed by atoms with Gasteiger partial charge in [0.1, 0.15) is 0 Å². The summed E-state index contributed by atoms with van der Waals surface area (Å²) in [5, 5.41) is 1.11. The van der Waals surface area contributed by atoms with Crippen LogP contribution in [0, 0.1) is 0 Å². The van der Waals surface area contributed by atoms with Crippen LogP contribution in [0.15, 0.2) is 18.2 Å². The third-order valence-electron chi connectivity index (χ3n) is 2.34. The summed E-state index contributed by atoms with van der Waals surface area (Å²) in [6.07, 6.45) is 0. The van der Waals surface area contributed by atoms with Crippen molar-refractivity contribution in [2.75, 3.05) is 0 Å². The molecule has 0 amide bonds. The van der Waals surface area contributed by atoms with Crippen LogP contribution < -0.4 is 5.30 Å². The van der Waals surface area contributed by atoms with Crippen LogP contribution in [0.4, 0.5) is 0 Å². The highest BCUT2D eigenvalue weighted by Crippen LogP contribution is 2.20. The summed E-state index contributed by atoms with van der Waals surface area (Å²) < 4.78 is 0.